The average Bonchev–Trinajstić information content (AvgIpc) is 3.07. The molecule has 0 saturated heterocycles. The second-order valence-electron chi connectivity index (χ2n) is 6.49. The number of hydrogen-bond acceptors (Lipinski definition) is 5. The molecule has 0 spiro atoms. The van der Waals surface area contributed by atoms with Gasteiger partial charge in [-0.05, 0) is 36.8 Å². The van der Waals surface area contributed by atoms with Gasteiger partial charge in [0.1, 0.15) is 9.79 Å². The third-order valence-corrected chi connectivity index (χ3v) is 8.08. The van der Waals surface area contributed by atoms with Crippen LogP contribution in [0.5, 0.6) is 0 Å². The van der Waals surface area contributed by atoms with E-state index in [-0.39, 0.29) is 15.8 Å². The molecule has 2 bridgehead atoms. The molecule has 1 aromatic carbocycles. The number of sulfonamides is 2. The number of primary sulfonamides is 1. The Kier molecular flexibility index (Phi) is 3.53. The first-order valence-corrected chi connectivity index (χ1v) is 10.9. The van der Waals surface area contributed by atoms with Crippen LogP contribution in [0.4, 0.5) is 5.69 Å². The molecule has 7 nitrogen and oxygen atoms in total. The Morgan fingerprint density at radius 1 is 1.21 bits per heavy atom. The highest BCUT2D eigenvalue weighted by atomic mass is 35.5. The van der Waals surface area contributed by atoms with Crippen molar-refractivity contribution < 1.29 is 16.8 Å². The minimum Gasteiger partial charge on any atom is -0.368 e. The van der Waals surface area contributed by atoms with Gasteiger partial charge < -0.3 is 5.32 Å². The summed E-state index contributed by atoms with van der Waals surface area (Å²) >= 11 is 6.04. The van der Waals surface area contributed by atoms with Crippen molar-refractivity contribution in [2.45, 2.75) is 28.8 Å². The van der Waals surface area contributed by atoms with Crippen molar-refractivity contribution in [1.82, 2.24) is 4.72 Å². The SMILES string of the molecule is NS(=O)(=O)c1ccc2c(c1Cl)S(=O)(=O)NC(C1CC3C=CC1C3)N2. The fourth-order valence-corrected chi connectivity index (χ4v) is 6.87. The topological polar surface area (TPSA) is 118 Å². The van der Waals surface area contributed by atoms with Crippen LogP contribution < -0.4 is 15.2 Å². The van der Waals surface area contributed by atoms with Crippen molar-refractivity contribution in [2.75, 3.05) is 5.32 Å². The fraction of sp³-hybridized carbons (Fsp3) is 0.429. The van der Waals surface area contributed by atoms with Gasteiger partial charge in [-0.25, -0.2) is 22.0 Å². The van der Waals surface area contributed by atoms with Gasteiger partial charge in [0.15, 0.2) is 0 Å². The van der Waals surface area contributed by atoms with E-state index < -0.39 is 31.1 Å². The lowest BCUT2D eigenvalue weighted by molar-refractivity contribution is 0.363. The summed E-state index contributed by atoms with van der Waals surface area (Å²) in [6.07, 6.45) is 5.84. The second kappa shape index (κ2) is 5.18. The van der Waals surface area contributed by atoms with Gasteiger partial charge in [0.2, 0.25) is 20.0 Å². The van der Waals surface area contributed by atoms with Crippen molar-refractivity contribution in [3.05, 3.63) is 29.3 Å². The Balaban J connectivity index is 1.77. The number of fused-ring (bicyclic) bond motifs is 3. The van der Waals surface area contributed by atoms with E-state index in [4.69, 9.17) is 16.7 Å². The van der Waals surface area contributed by atoms with E-state index in [1.807, 2.05) is 0 Å². The molecular weight excluding hydrogens is 374 g/mol. The first kappa shape index (κ1) is 16.3. The molecule has 0 amide bonds. The molecule has 2 aliphatic carbocycles. The van der Waals surface area contributed by atoms with Crippen LogP contribution in [0.15, 0.2) is 34.1 Å². The number of anilines is 1. The van der Waals surface area contributed by atoms with Crippen molar-refractivity contribution >= 4 is 37.3 Å². The molecule has 1 aliphatic heterocycles. The van der Waals surface area contributed by atoms with Crippen LogP contribution in [0.3, 0.4) is 0 Å². The Bertz CT molecular complexity index is 958. The molecule has 3 aliphatic rings. The molecule has 1 fully saturated rings. The van der Waals surface area contributed by atoms with Crippen LogP contribution in [0.2, 0.25) is 5.02 Å². The number of nitrogens with one attached hydrogen (secondary N) is 2. The van der Waals surface area contributed by atoms with E-state index in [2.05, 4.69) is 22.2 Å². The maximum atomic E-state index is 12.7. The minimum atomic E-state index is -4.11. The molecule has 1 heterocycles. The summed E-state index contributed by atoms with van der Waals surface area (Å²) < 4.78 is 51.0. The molecule has 4 atom stereocenters. The van der Waals surface area contributed by atoms with Crippen LogP contribution in [0.25, 0.3) is 0 Å². The fourth-order valence-electron chi connectivity index (χ4n) is 3.96. The predicted octanol–water partition coefficient (Wildman–Crippen LogP) is 1.23. The lowest BCUT2D eigenvalue weighted by atomic mass is 9.91. The Labute approximate surface area is 145 Å². The minimum absolute atomic E-state index is 0.152. The average molecular weight is 390 g/mol. The molecule has 130 valence electrons. The van der Waals surface area contributed by atoms with Gasteiger partial charge in [-0.2, -0.15) is 4.72 Å². The number of nitrogens with two attached hydrogens (primary N) is 1. The lowest BCUT2D eigenvalue weighted by Gasteiger charge is -2.35. The Hall–Kier alpha value is -1.13. The van der Waals surface area contributed by atoms with Crippen LogP contribution >= 0.6 is 11.6 Å². The van der Waals surface area contributed by atoms with Gasteiger partial charge in [-0.1, -0.05) is 23.8 Å². The zero-order valence-electron chi connectivity index (χ0n) is 12.4. The van der Waals surface area contributed by atoms with E-state index in [0.29, 0.717) is 17.5 Å². The highest BCUT2D eigenvalue weighted by molar-refractivity contribution is 7.90. The first-order chi connectivity index (χ1) is 11.2. The zero-order valence-corrected chi connectivity index (χ0v) is 14.8. The van der Waals surface area contributed by atoms with E-state index in [1.54, 1.807) is 0 Å². The predicted molar refractivity (Wildman–Crippen MR) is 89.4 cm³/mol. The van der Waals surface area contributed by atoms with Crippen molar-refractivity contribution in [3.8, 4) is 0 Å². The second-order valence-corrected chi connectivity index (χ2v) is 10.0. The quantitative estimate of drug-likeness (QED) is 0.657. The summed E-state index contributed by atoms with van der Waals surface area (Å²) in [4.78, 5) is -0.679. The highest BCUT2D eigenvalue weighted by Crippen LogP contribution is 2.47. The molecule has 4 unspecified atom stereocenters. The molecule has 4 rings (SSSR count). The summed E-state index contributed by atoms with van der Waals surface area (Å²) in [5, 5.41) is 7.86. The molecule has 1 saturated carbocycles. The smallest absolute Gasteiger partial charge is 0.245 e. The van der Waals surface area contributed by atoms with Crippen molar-refractivity contribution in [1.29, 1.82) is 0 Å². The van der Waals surface area contributed by atoms with E-state index in [0.717, 1.165) is 12.8 Å². The first-order valence-electron chi connectivity index (χ1n) is 7.49. The summed E-state index contributed by atoms with van der Waals surface area (Å²) in [7, 11) is -8.06. The number of allylic oxidation sites excluding steroid dienone is 2. The largest absolute Gasteiger partial charge is 0.368 e. The highest BCUT2D eigenvalue weighted by Gasteiger charge is 2.44. The van der Waals surface area contributed by atoms with E-state index in [1.165, 1.54) is 12.1 Å². The molecule has 4 N–H and O–H groups in total. The number of rotatable bonds is 2. The van der Waals surface area contributed by atoms with Crippen LogP contribution in [0, 0.1) is 17.8 Å². The summed E-state index contributed by atoms with van der Waals surface area (Å²) in [5.74, 6) is 0.997. The van der Waals surface area contributed by atoms with Crippen molar-refractivity contribution in [2.24, 2.45) is 22.9 Å². The van der Waals surface area contributed by atoms with Crippen LogP contribution in [-0.4, -0.2) is 23.0 Å². The van der Waals surface area contributed by atoms with Crippen LogP contribution in [-0.2, 0) is 20.0 Å². The summed E-state index contributed by atoms with van der Waals surface area (Å²) in [6, 6.07) is 2.62. The van der Waals surface area contributed by atoms with E-state index in [9.17, 15) is 16.8 Å². The molecule has 24 heavy (non-hydrogen) atoms. The van der Waals surface area contributed by atoms with Crippen molar-refractivity contribution in [3.63, 3.8) is 0 Å². The van der Waals surface area contributed by atoms with Gasteiger partial charge in [0.25, 0.3) is 0 Å². The summed E-state index contributed by atoms with van der Waals surface area (Å²) in [6.45, 7) is 0. The molecule has 1 aromatic rings. The number of hydrogen-bond donors (Lipinski definition) is 3. The van der Waals surface area contributed by atoms with Gasteiger partial charge in [0, 0.05) is 5.92 Å². The van der Waals surface area contributed by atoms with Gasteiger partial charge in [-0.3, -0.25) is 0 Å². The summed E-state index contributed by atoms with van der Waals surface area (Å²) in [5.41, 5.74) is 0.294. The third kappa shape index (κ3) is 2.46. The van der Waals surface area contributed by atoms with E-state index >= 15 is 0 Å². The Morgan fingerprint density at radius 3 is 2.54 bits per heavy atom. The number of halogens is 1. The maximum Gasteiger partial charge on any atom is 0.245 e. The molecule has 10 heteroatoms. The normalized spacial score (nSPS) is 33.2. The standard InChI is InChI=1S/C14H16ClN3O4S2/c15-12-11(23(16,19)20)4-3-10-13(12)24(21,22)18-14(17-10)9-6-7-1-2-8(9)5-7/h1-4,7-9,14,17-18H,5-6H2,(H2,16,19,20). The maximum absolute atomic E-state index is 12.7. The van der Waals surface area contributed by atoms with Gasteiger partial charge in [0.05, 0.1) is 16.9 Å². The Morgan fingerprint density at radius 2 is 1.96 bits per heavy atom. The third-order valence-electron chi connectivity index (χ3n) is 4.99. The van der Waals surface area contributed by atoms with Gasteiger partial charge >= 0.3 is 0 Å². The lowest BCUT2D eigenvalue weighted by Crippen LogP contribution is -2.50. The monoisotopic (exact) mass is 389 g/mol. The van der Waals surface area contributed by atoms with Crippen LogP contribution in [0.1, 0.15) is 12.8 Å². The van der Waals surface area contributed by atoms with Gasteiger partial charge in [-0.15, -0.1) is 0 Å². The number of benzene rings is 1. The zero-order chi connectivity index (χ0) is 17.3. The molecule has 0 aromatic heterocycles. The molecule has 0 radical (unpaired) electrons. The molecular formula is C14H16ClN3O4S2.